The largest absolute Gasteiger partial charge is 0.387 e. The van der Waals surface area contributed by atoms with E-state index in [1.165, 1.54) is 6.33 Å². The van der Waals surface area contributed by atoms with Gasteiger partial charge in [0.15, 0.2) is 5.65 Å². The summed E-state index contributed by atoms with van der Waals surface area (Å²) in [5.74, 6) is 0.848. The second kappa shape index (κ2) is 4.99. The molecule has 3 rings (SSSR count). The number of likely N-dealkylation sites (N-methyl/N-ethyl adjacent to an activating group) is 1. The highest BCUT2D eigenvalue weighted by molar-refractivity contribution is 5.86. The molecule has 7 heteroatoms. The van der Waals surface area contributed by atoms with Crippen molar-refractivity contribution in [1.29, 1.82) is 0 Å². The molecule has 108 valence electrons. The molecular weight excluding hydrogens is 256 g/mol. The molecule has 1 aliphatic rings. The van der Waals surface area contributed by atoms with Gasteiger partial charge in [-0.25, -0.2) is 9.97 Å². The maximum atomic E-state index is 10.7. The van der Waals surface area contributed by atoms with Crippen LogP contribution in [0.4, 0.5) is 5.82 Å². The van der Waals surface area contributed by atoms with Gasteiger partial charge in [0.2, 0.25) is 0 Å². The van der Waals surface area contributed by atoms with Crippen LogP contribution in [0, 0.1) is 0 Å². The molecule has 0 saturated carbocycles. The Balaban J connectivity index is 1.88. The molecule has 0 amide bonds. The zero-order chi connectivity index (χ0) is 14.2. The van der Waals surface area contributed by atoms with Gasteiger partial charge >= 0.3 is 0 Å². The first-order valence-electron chi connectivity index (χ1n) is 6.84. The number of nitrogens with zero attached hydrogens (tertiary/aromatic N) is 5. The summed E-state index contributed by atoms with van der Waals surface area (Å²) in [4.78, 5) is 12.7. The highest BCUT2D eigenvalue weighted by Gasteiger charge is 2.34. The highest BCUT2D eigenvalue weighted by Crippen LogP contribution is 2.28. The van der Waals surface area contributed by atoms with Gasteiger partial charge in [-0.05, 0) is 26.9 Å². The average Bonchev–Trinajstić information content (AvgIpc) is 2.85. The quantitative estimate of drug-likeness (QED) is 0.836. The number of aromatic amines is 1. The van der Waals surface area contributed by atoms with E-state index in [1.807, 2.05) is 19.0 Å². The summed E-state index contributed by atoms with van der Waals surface area (Å²) >= 11 is 0. The minimum Gasteiger partial charge on any atom is -0.387 e. The molecule has 0 bridgehead atoms. The number of H-pyrrole nitrogens is 1. The topological polar surface area (TPSA) is 81.2 Å². The first kappa shape index (κ1) is 13.3. The number of anilines is 1. The van der Waals surface area contributed by atoms with Crippen molar-refractivity contribution in [2.75, 3.05) is 38.6 Å². The van der Waals surface area contributed by atoms with Crippen LogP contribution in [0.25, 0.3) is 11.0 Å². The van der Waals surface area contributed by atoms with Crippen molar-refractivity contribution in [1.82, 2.24) is 25.1 Å². The molecule has 2 aromatic heterocycles. The first-order chi connectivity index (χ1) is 9.57. The van der Waals surface area contributed by atoms with Crippen molar-refractivity contribution >= 4 is 16.9 Å². The van der Waals surface area contributed by atoms with Crippen molar-refractivity contribution in [2.24, 2.45) is 0 Å². The van der Waals surface area contributed by atoms with Crippen LogP contribution >= 0.6 is 0 Å². The van der Waals surface area contributed by atoms with Crippen LogP contribution in [0.2, 0.25) is 0 Å². The van der Waals surface area contributed by atoms with E-state index >= 15 is 0 Å². The van der Waals surface area contributed by atoms with Crippen LogP contribution in [-0.4, -0.2) is 69.5 Å². The number of aliphatic hydroxyl groups is 1. The molecular formula is C13H20N6O. The normalized spacial score (nSPS) is 23.7. The number of hydrogen-bond acceptors (Lipinski definition) is 6. The number of piperidine rings is 1. The average molecular weight is 276 g/mol. The molecule has 1 fully saturated rings. The Hall–Kier alpha value is -1.73. The minimum absolute atomic E-state index is 0.586. The van der Waals surface area contributed by atoms with E-state index in [9.17, 15) is 5.11 Å². The third kappa shape index (κ3) is 2.46. The Morgan fingerprint density at radius 1 is 1.45 bits per heavy atom. The number of nitrogens with one attached hydrogen (secondary N) is 1. The van der Waals surface area contributed by atoms with Crippen LogP contribution in [-0.2, 0) is 0 Å². The SMILES string of the molecule is CN(C)CC1(O)CCCN(c2ncnc3[nH]ncc23)C1. The summed E-state index contributed by atoms with van der Waals surface area (Å²) < 4.78 is 0. The molecule has 1 atom stereocenters. The lowest BCUT2D eigenvalue weighted by atomic mass is 9.92. The zero-order valence-corrected chi connectivity index (χ0v) is 11.9. The van der Waals surface area contributed by atoms with Crippen LogP contribution in [0.5, 0.6) is 0 Å². The molecule has 20 heavy (non-hydrogen) atoms. The molecule has 0 spiro atoms. The van der Waals surface area contributed by atoms with Crippen molar-refractivity contribution in [2.45, 2.75) is 18.4 Å². The van der Waals surface area contributed by atoms with E-state index in [2.05, 4.69) is 25.1 Å². The van der Waals surface area contributed by atoms with Crippen LogP contribution in [0.3, 0.4) is 0 Å². The Morgan fingerprint density at radius 3 is 3.10 bits per heavy atom. The van der Waals surface area contributed by atoms with Crippen molar-refractivity contribution in [3.05, 3.63) is 12.5 Å². The van der Waals surface area contributed by atoms with Crippen molar-refractivity contribution in [3.63, 3.8) is 0 Å². The van der Waals surface area contributed by atoms with Gasteiger partial charge in [-0.1, -0.05) is 0 Å². The fourth-order valence-corrected chi connectivity index (χ4v) is 3.02. The lowest BCUT2D eigenvalue weighted by Gasteiger charge is -2.41. The number of hydrogen-bond donors (Lipinski definition) is 2. The molecule has 0 aliphatic carbocycles. The molecule has 1 saturated heterocycles. The fourth-order valence-electron chi connectivity index (χ4n) is 3.02. The van der Waals surface area contributed by atoms with Gasteiger partial charge in [0.05, 0.1) is 17.2 Å². The fraction of sp³-hybridized carbons (Fsp3) is 0.615. The third-order valence-corrected chi connectivity index (χ3v) is 3.69. The molecule has 3 heterocycles. The second-order valence-corrected chi connectivity index (χ2v) is 5.82. The minimum atomic E-state index is -0.692. The van der Waals surface area contributed by atoms with Gasteiger partial charge in [0.1, 0.15) is 12.1 Å². The lowest BCUT2D eigenvalue weighted by Crippen LogP contribution is -2.53. The lowest BCUT2D eigenvalue weighted by molar-refractivity contribution is 0.00359. The molecule has 2 N–H and O–H groups in total. The summed E-state index contributed by atoms with van der Waals surface area (Å²) in [5, 5.41) is 18.5. The molecule has 7 nitrogen and oxygen atoms in total. The van der Waals surface area contributed by atoms with Gasteiger partial charge in [-0.3, -0.25) is 5.10 Å². The predicted molar refractivity (Wildman–Crippen MR) is 76.6 cm³/mol. The van der Waals surface area contributed by atoms with Gasteiger partial charge in [-0.2, -0.15) is 5.10 Å². The Kier molecular flexibility index (Phi) is 3.31. The van der Waals surface area contributed by atoms with Crippen LogP contribution in [0.1, 0.15) is 12.8 Å². The number of rotatable bonds is 3. The Bertz CT molecular complexity index is 597. The number of aromatic nitrogens is 4. The van der Waals surface area contributed by atoms with E-state index in [0.717, 1.165) is 36.2 Å². The molecule has 1 unspecified atom stereocenters. The summed E-state index contributed by atoms with van der Waals surface area (Å²) in [6.45, 7) is 2.14. The number of β-amino-alcohol motifs (C(OH)–C–C–N with tert-alkyl or cyclic N) is 1. The summed E-state index contributed by atoms with van der Waals surface area (Å²) in [5.41, 5.74) is 0.0414. The van der Waals surface area contributed by atoms with E-state index in [-0.39, 0.29) is 0 Å². The van der Waals surface area contributed by atoms with E-state index in [4.69, 9.17) is 0 Å². The van der Waals surface area contributed by atoms with Crippen LogP contribution in [0.15, 0.2) is 12.5 Å². The van der Waals surface area contributed by atoms with Gasteiger partial charge in [0, 0.05) is 19.6 Å². The smallest absolute Gasteiger partial charge is 0.160 e. The summed E-state index contributed by atoms with van der Waals surface area (Å²) in [6, 6.07) is 0. The van der Waals surface area contributed by atoms with Gasteiger partial charge in [0.25, 0.3) is 0 Å². The second-order valence-electron chi connectivity index (χ2n) is 5.82. The molecule has 0 aromatic carbocycles. The van der Waals surface area contributed by atoms with Gasteiger partial charge in [-0.15, -0.1) is 0 Å². The maximum absolute atomic E-state index is 10.7. The predicted octanol–water partition coefficient (Wildman–Crippen LogP) is 0.246. The number of fused-ring (bicyclic) bond motifs is 1. The standard InChI is InChI=1S/C13H20N6O/c1-18(2)7-13(20)4-3-5-19(8-13)12-10-6-16-17-11(10)14-9-15-12/h6,9,20H,3-5,7-8H2,1-2H3,(H,14,15,16,17). The van der Waals surface area contributed by atoms with E-state index in [0.29, 0.717) is 13.1 Å². The third-order valence-electron chi connectivity index (χ3n) is 3.69. The monoisotopic (exact) mass is 276 g/mol. The maximum Gasteiger partial charge on any atom is 0.160 e. The first-order valence-corrected chi connectivity index (χ1v) is 6.84. The van der Waals surface area contributed by atoms with Gasteiger partial charge < -0.3 is 14.9 Å². The molecule has 2 aromatic rings. The molecule has 1 aliphatic heterocycles. The van der Waals surface area contributed by atoms with E-state index < -0.39 is 5.60 Å². The Morgan fingerprint density at radius 2 is 2.30 bits per heavy atom. The highest BCUT2D eigenvalue weighted by atomic mass is 16.3. The van der Waals surface area contributed by atoms with Crippen molar-refractivity contribution in [3.8, 4) is 0 Å². The van der Waals surface area contributed by atoms with Crippen molar-refractivity contribution < 1.29 is 5.11 Å². The zero-order valence-electron chi connectivity index (χ0n) is 11.9. The Labute approximate surface area is 117 Å². The van der Waals surface area contributed by atoms with E-state index in [1.54, 1.807) is 6.20 Å². The summed E-state index contributed by atoms with van der Waals surface area (Å²) in [7, 11) is 3.96. The summed E-state index contributed by atoms with van der Waals surface area (Å²) in [6.07, 6.45) is 5.05. The van der Waals surface area contributed by atoms with Crippen LogP contribution < -0.4 is 4.90 Å². The molecule has 0 radical (unpaired) electrons.